The normalized spacial score (nSPS) is 14.1. The van der Waals surface area contributed by atoms with Gasteiger partial charge in [0.25, 0.3) is 0 Å². The van der Waals surface area contributed by atoms with E-state index in [0.717, 1.165) is 57.1 Å². The molecule has 4 rings (SSSR count). The number of ether oxygens (including phenoxy) is 1. The van der Waals surface area contributed by atoms with Crippen LogP contribution in [0.2, 0.25) is 0 Å². The number of anilines is 1. The Labute approximate surface area is 201 Å². The van der Waals surface area contributed by atoms with Crippen molar-refractivity contribution in [3.05, 3.63) is 90.2 Å². The second kappa shape index (κ2) is 11.9. The number of benzene rings is 3. The summed E-state index contributed by atoms with van der Waals surface area (Å²) in [6, 6.07) is 25.3. The highest BCUT2D eigenvalue weighted by Crippen LogP contribution is 2.21. The molecule has 0 saturated carbocycles. The molecule has 6 heteroatoms. The summed E-state index contributed by atoms with van der Waals surface area (Å²) in [4.78, 5) is 4.59. The van der Waals surface area contributed by atoms with Crippen molar-refractivity contribution in [3.8, 4) is 11.1 Å². The lowest BCUT2D eigenvalue weighted by atomic mass is 10.1. The molecule has 1 heterocycles. The monoisotopic (exact) mass is 463 g/mol. The molecule has 0 radical (unpaired) electrons. The Bertz CT molecular complexity index is 1010. The molecule has 0 amide bonds. The minimum Gasteiger partial charge on any atom is -0.379 e. The first-order valence-electron chi connectivity index (χ1n) is 11.4. The number of hydrogen-bond donors (Lipinski definition) is 1. The standard InChI is InChI=1S/C27H30FN3OS/c28-25-11-7-22(8-12-25)21-31(16-4-15-30-17-19-32-20-18-30)27(33)29-26-13-9-24(10-14-26)23-5-2-1-3-6-23/h1-3,5-14H,4,15-21H2,(H,29,33). The Morgan fingerprint density at radius 2 is 1.58 bits per heavy atom. The summed E-state index contributed by atoms with van der Waals surface area (Å²) in [5.74, 6) is -0.225. The molecule has 0 unspecified atom stereocenters. The quantitative estimate of drug-likeness (QED) is 0.451. The van der Waals surface area contributed by atoms with Gasteiger partial charge >= 0.3 is 0 Å². The second-order valence-electron chi connectivity index (χ2n) is 8.23. The Morgan fingerprint density at radius 3 is 2.27 bits per heavy atom. The van der Waals surface area contributed by atoms with Crippen molar-refractivity contribution in [1.82, 2.24) is 9.80 Å². The lowest BCUT2D eigenvalue weighted by Crippen LogP contribution is -2.40. The van der Waals surface area contributed by atoms with Crippen LogP contribution in [-0.4, -0.2) is 54.3 Å². The minimum absolute atomic E-state index is 0.225. The van der Waals surface area contributed by atoms with Crippen LogP contribution in [0.3, 0.4) is 0 Å². The third kappa shape index (κ3) is 7.09. The molecular weight excluding hydrogens is 433 g/mol. The number of hydrogen-bond acceptors (Lipinski definition) is 3. The van der Waals surface area contributed by atoms with E-state index in [0.29, 0.717) is 11.7 Å². The molecular formula is C27H30FN3OS. The molecule has 172 valence electrons. The fourth-order valence-electron chi connectivity index (χ4n) is 3.95. The predicted molar refractivity (Wildman–Crippen MR) is 137 cm³/mol. The zero-order chi connectivity index (χ0) is 22.9. The molecule has 4 nitrogen and oxygen atoms in total. The minimum atomic E-state index is -0.225. The average molecular weight is 464 g/mol. The van der Waals surface area contributed by atoms with Crippen LogP contribution in [0, 0.1) is 5.82 Å². The number of halogens is 1. The number of rotatable bonds is 8. The molecule has 0 aliphatic carbocycles. The lowest BCUT2D eigenvalue weighted by Gasteiger charge is -2.29. The smallest absolute Gasteiger partial charge is 0.173 e. The van der Waals surface area contributed by atoms with E-state index in [1.165, 1.54) is 23.3 Å². The van der Waals surface area contributed by atoms with E-state index in [9.17, 15) is 4.39 Å². The zero-order valence-corrected chi connectivity index (χ0v) is 19.6. The third-order valence-corrected chi connectivity index (χ3v) is 6.18. The van der Waals surface area contributed by atoms with Crippen molar-refractivity contribution in [3.63, 3.8) is 0 Å². The van der Waals surface area contributed by atoms with Crippen molar-refractivity contribution >= 4 is 23.0 Å². The van der Waals surface area contributed by atoms with Crippen LogP contribution in [-0.2, 0) is 11.3 Å². The van der Waals surface area contributed by atoms with Gasteiger partial charge < -0.3 is 15.0 Å². The summed E-state index contributed by atoms with van der Waals surface area (Å²) in [5, 5.41) is 4.07. The highest BCUT2D eigenvalue weighted by atomic mass is 32.1. The predicted octanol–water partition coefficient (Wildman–Crippen LogP) is 5.41. The van der Waals surface area contributed by atoms with Crippen LogP contribution in [0.4, 0.5) is 10.1 Å². The van der Waals surface area contributed by atoms with Gasteiger partial charge in [-0.25, -0.2) is 4.39 Å². The van der Waals surface area contributed by atoms with Gasteiger partial charge in [0.2, 0.25) is 0 Å². The highest BCUT2D eigenvalue weighted by Gasteiger charge is 2.14. The van der Waals surface area contributed by atoms with Crippen molar-refractivity contribution < 1.29 is 9.13 Å². The zero-order valence-electron chi connectivity index (χ0n) is 18.8. The van der Waals surface area contributed by atoms with Gasteiger partial charge in [-0.05, 0) is 59.6 Å². The van der Waals surface area contributed by atoms with Gasteiger partial charge in [-0.15, -0.1) is 0 Å². The van der Waals surface area contributed by atoms with E-state index in [2.05, 4.69) is 51.5 Å². The van der Waals surface area contributed by atoms with Crippen molar-refractivity contribution in [1.29, 1.82) is 0 Å². The summed E-state index contributed by atoms with van der Waals surface area (Å²) < 4.78 is 18.8. The molecule has 1 fully saturated rings. The molecule has 0 bridgehead atoms. The molecule has 3 aromatic rings. The number of thiocarbonyl (C=S) groups is 1. The van der Waals surface area contributed by atoms with Gasteiger partial charge in [-0.2, -0.15) is 0 Å². The van der Waals surface area contributed by atoms with E-state index < -0.39 is 0 Å². The Morgan fingerprint density at radius 1 is 0.909 bits per heavy atom. The van der Waals surface area contributed by atoms with Crippen molar-refractivity contribution in [2.75, 3.05) is 44.7 Å². The highest BCUT2D eigenvalue weighted by molar-refractivity contribution is 7.80. The Balaban J connectivity index is 1.39. The van der Waals surface area contributed by atoms with Gasteiger partial charge in [0.05, 0.1) is 13.2 Å². The van der Waals surface area contributed by atoms with E-state index >= 15 is 0 Å². The maximum Gasteiger partial charge on any atom is 0.173 e. The summed E-state index contributed by atoms with van der Waals surface area (Å²) in [6.45, 7) is 6.04. The van der Waals surface area contributed by atoms with Crippen LogP contribution in [0.1, 0.15) is 12.0 Å². The van der Waals surface area contributed by atoms with E-state index in [1.807, 2.05) is 30.3 Å². The first kappa shape index (κ1) is 23.4. The third-order valence-electron chi connectivity index (χ3n) is 5.82. The summed E-state index contributed by atoms with van der Waals surface area (Å²) in [5.41, 5.74) is 4.34. The number of nitrogens with one attached hydrogen (secondary N) is 1. The van der Waals surface area contributed by atoms with Gasteiger partial charge in [-0.3, -0.25) is 4.90 Å². The van der Waals surface area contributed by atoms with Crippen molar-refractivity contribution in [2.24, 2.45) is 0 Å². The topological polar surface area (TPSA) is 27.7 Å². The fourth-order valence-corrected chi connectivity index (χ4v) is 4.23. The average Bonchev–Trinajstić information content (AvgIpc) is 2.86. The molecule has 1 aliphatic heterocycles. The van der Waals surface area contributed by atoms with Crippen LogP contribution in [0.5, 0.6) is 0 Å². The number of nitrogens with zero attached hydrogens (tertiary/aromatic N) is 2. The van der Waals surface area contributed by atoms with Gasteiger partial charge in [0.15, 0.2) is 5.11 Å². The second-order valence-corrected chi connectivity index (χ2v) is 8.62. The largest absolute Gasteiger partial charge is 0.379 e. The molecule has 0 aromatic heterocycles. The number of morpholine rings is 1. The van der Waals surface area contributed by atoms with Crippen LogP contribution in [0.25, 0.3) is 11.1 Å². The summed E-state index contributed by atoms with van der Waals surface area (Å²) >= 11 is 5.79. The molecule has 1 aliphatic rings. The molecule has 1 saturated heterocycles. The van der Waals surface area contributed by atoms with Gasteiger partial charge in [-0.1, -0.05) is 54.6 Å². The fraction of sp³-hybridized carbons (Fsp3) is 0.296. The molecule has 33 heavy (non-hydrogen) atoms. The first-order valence-corrected chi connectivity index (χ1v) is 11.8. The van der Waals surface area contributed by atoms with E-state index in [1.54, 1.807) is 0 Å². The maximum atomic E-state index is 13.4. The SMILES string of the molecule is Fc1ccc(CN(CCCN2CCOCC2)C(=S)Nc2ccc(-c3ccccc3)cc2)cc1. The van der Waals surface area contributed by atoms with Crippen LogP contribution >= 0.6 is 12.2 Å². The maximum absolute atomic E-state index is 13.4. The van der Waals surface area contributed by atoms with E-state index in [4.69, 9.17) is 17.0 Å². The summed E-state index contributed by atoms with van der Waals surface area (Å²) in [7, 11) is 0. The van der Waals surface area contributed by atoms with E-state index in [-0.39, 0.29) is 5.82 Å². The summed E-state index contributed by atoms with van der Waals surface area (Å²) in [6.07, 6.45) is 0.996. The van der Waals surface area contributed by atoms with Crippen LogP contribution in [0.15, 0.2) is 78.9 Å². The first-order chi connectivity index (χ1) is 16.2. The Kier molecular flexibility index (Phi) is 8.41. The Hall–Kier alpha value is -2.80. The van der Waals surface area contributed by atoms with Gasteiger partial charge in [0, 0.05) is 38.4 Å². The molecule has 1 N–H and O–H groups in total. The molecule has 0 atom stereocenters. The van der Waals surface area contributed by atoms with Gasteiger partial charge in [0.1, 0.15) is 5.82 Å². The molecule has 0 spiro atoms. The van der Waals surface area contributed by atoms with Crippen molar-refractivity contribution in [2.45, 2.75) is 13.0 Å². The lowest BCUT2D eigenvalue weighted by molar-refractivity contribution is 0.0368. The molecule has 3 aromatic carbocycles. The van der Waals surface area contributed by atoms with Crippen LogP contribution < -0.4 is 5.32 Å².